The Kier molecular flexibility index (Phi) is 6.91. The second-order valence-corrected chi connectivity index (χ2v) is 11.3. The maximum atomic E-state index is 14.0. The van der Waals surface area contributed by atoms with Crippen molar-refractivity contribution in [1.82, 2.24) is 4.57 Å². The monoisotopic (exact) mass is 602 g/mol. The first-order valence-electron chi connectivity index (χ1n) is 13.0. The topological polar surface area (TPSA) is 73.1 Å². The van der Waals surface area contributed by atoms with Crippen molar-refractivity contribution in [3.63, 3.8) is 0 Å². The number of nitrogens with zero attached hydrogens (tertiary/aromatic N) is 2. The first-order valence-corrected chi connectivity index (χ1v) is 14.6. The summed E-state index contributed by atoms with van der Waals surface area (Å²) in [5.74, 6) is 1.21. The third-order valence-corrected chi connectivity index (χ3v) is 8.62. The molecule has 0 radical (unpaired) electrons. The van der Waals surface area contributed by atoms with Crippen molar-refractivity contribution >= 4 is 39.0 Å². The number of thiazole rings is 1. The van der Waals surface area contributed by atoms with Gasteiger partial charge in [-0.1, -0.05) is 47.7 Å². The van der Waals surface area contributed by atoms with Gasteiger partial charge in [0, 0.05) is 5.56 Å². The number of halogens is 1. The summed E-state index contributed by atoms with van der Waals surface area (Å²) in [6.45, 7) is 4.84. The molecule has 1 atom stereocenters. The summed E-state index contributed by atoms with van der Waals surface area (Å²) in [6, 6.07) is 19.7. The standard InChI is InChI=1S/C31H27BrN2O4S/c1-3-37-21-12-9-20(10-13-21)28-23-14-11-19-7-5-6-8-22(19)27(23)33-31-34(28)30(36)26(39-31)17-18-15-24(32)29(35)25(16-18)38-4-2/h5-10,12-13,15-17,28,35H,3-4,11,14H2,1-2H3. The molecule has 6 rings (SSSR count). The number of allylic oxidation sites excluding steroid dienone is 1. The van der Waals surface area contributed by atoms with Crippen molar-refractivity contribution in [2.24, 2.45) is 4.99 Å². The van der Waals surface area contributed by atoms with Crippen LogP contribution in [0.2, 0.25) is 0 Å². The molecule has 6 nitrogen and oxygen atoms in total. The summed E-state index contributed by atoms with van der Waals surface area (Å²) in [4.78, 5) is 19.7. The van der Waals surface area contributed by atoms with Crippen molar-refractivity contribution in [2.45, 2.75) is 32.7 Å². The second kappa shape index (κ2) is 10.5. The number of benzene rings is 3. The Bertz CT molecular complexity index is 1790. The Morgan fingerprint density at radius 1 is 1.08 bits per heavy atom. The van der Waals surface area contributed by atoms with E-state index in [1.165, 1.54) is 16.9 Å². The predicted octanol–water partition coefficient (Wildman–Crippen LogP) is 5.58. The van der Waals surface area contributed by atoms with Crippen LogP contribution in [0.1, 0.15) is 48.6 Å². The predicted molar refractivity (Wildman–Crippen MR) is 157 cm³/mol. The summed E-state index contributed by atoms with van der Waals surface area (Å²) in [7, 11) is 0. The first-order chi connectivity index (χ1) is 19.0. The summed E-state index contributed by atoms with van der Waals surface area (Å²) in [5, 5.41) is 10.3. The maximum Gasteiger partial charge on any atom is 0.271 e. The van der Waals surface area contributed by atoms with Gasteiger partial charge >= 0.3 is 0 Å². The molecule has 0 spiro atoms. The van der Waals surface area contributed by atoms with Gasteiger partial charge in [-0.2, -0.15) is 0 Å². The van der Waals surface area contributed by atoms with Gasteiger partial charge in [0.05, 0.1) is 34.0 Å². The lowest BCUT2D eigenvalue weighted by Crippen LogP contribution is -2.38. The summed E-state index contributed by atoms with van der Waals surface area (Å²) >= 11 is 4.78. The number of phenols is 1. The summed E-state index contributed by atoms with van der Waals surface area (Å²) < 4.78 is 14.2. The Morgan fingerprint density at radius 3 is 2.62 bits per heavy atom. The molecule has 1 aliphatic heterocycles. The van der Waals surface area contributed by atoms with Gasteiger partial charge in [-0.15, -0.1) is 0 Å². The SMILES string of the molecule is CCOc1ccc(C2C3=C(N=c4sc(=Cc5cc(Br)c(O)c(OCC)c5)c(=O)n42)c2ccccc2CC3)cc1. The smallest absolute Gasteiger partial charge is 0.271 e. The molecule has 39 heavy (non-hydrogen) atoms. The van der Waals surface area contributed by atoms with Gasteiger partial charge in [-0.3, -0.25) is 9.36 Å². The fourth-order valence-corrected chi connectivity index (χ4v) is 6.79. The van der Waals surface area contributed by atoms with Crippen LogP contribution in [0.5, 0.6) is 17.2 Å². The first kappa shape index (κ1) is 25.6. The number of rotatable bonds is 6. The Morgan fingerprint density at radius 2 is 1.85 bits per heavy atom. The molecule has 8 heteroatoms. The molecular weight excluding hydrogens is 576 g/mol. The van der Waals surface area contributed by atoms with E-state index in [1.54, 1.807) is 12.1 Å². The van der Waals surface area contributed by atoms with Crippen molar-refractivity contribution in [3.8, 4) is 17.2 Å². The molecule has 0 saturated carbocycles. The van der Waals surface area contributed by atoms with Crippen LogP contribution in [-0.2, 0) is 6.42 Å². The Hall–Kier alpha value is -3.62. The third-order valence-electron chi connectivity index (χ3n) is 7.03. The van der Waals surface area contributed by atoms with Crippen LogP contribution in [0, 0.1) is 0 Å². The number of aryl methyl sites for hydroxylation is 1. The highest BCUT2D eigenvalue weighted by atomic mass is 79.9. The average Bonchev–Trinajstić information content (AvgIpc) is 3.25. The molecule has 0 saturated heterocycles. The normalized spacial score (nSPS) is 16.3. The van der Waals surface area contributed by atoms with E-state index < -0.39 is 0 Å². The van der Waals surface area contributed by atoms with Crippen molar-refractivity contribution in [3.05, 3.63) is 113 Å². The van der Waals surface area contributed by atoms with Gasteiger partial charge in [0.1, 0.15) is 5.75 Å². The maximum absolute atomic E-state index is 14.0. The van der Waals surface area contributed by atoms with E-state index >= 15 is 0 Å². The molecule has 4 aromatic rings. The molecule has 0 fully saturated rings. The highest BCUT2D eigenvalue weighted by Gasteiger charge is 2.32. The van der Waals surface area contributed by atoms with Crippen molar-refractivity contribution < 1.29 is 14.6 Å². The zero-order chi connectivity index (χ0) is 27.1. The molecule has 1 N–H and O–H groups in total. The van der Waals surface area contributed by atoms with Gasteiger partial charge in [0.2, 0.25) is 0 Å². The van der Waals surface area contributed by atoms with E-state index in [-0.39, 0.29) is 17.4 Å². The summed E-state index contributed by atoms with van der Waals surface area (Å²) in [5.41, 5.74) is 6.22. The molecule has 1 unspecified atom stereocenters. The number of hydrogen-bond donors (Lipinski definition) is 1. The highest BCUT2D eigenvalue weighted by molar-refractivity contribution is 9.10. The van der Waals surface area contributed by atoms with Gasteiger partial charge in [0.15, 0.2) is 16.3 Å². The molecule has 0 amide bonds. The lowest BCUT2D eigenvalue weighted by Gasteiger charge is -2.30. The minimum absolute atomic E-state index is 0.0392. The fourth-order valence-electron chi connectivity index (χ4n) is 5.33. The zero-order valence-corrected chi connectivity index (χ0v) is 24.0. The number of ether oxygens (including phenoxy) is 2. The number of hydrogen-bond acceptors (Lipinski definition) is 6. The average molecular weight is 604 g/mol. The van der Waals surface area contributed by atoms with Crippen molar-refractivity contribution in [2.75, 3.05) is 13.2 Å². The van der Waals surface area contributed by atoms with E-state index in [0.29, 0.717) is 32.8 Å². The van der Waals surface area contributed by atoms with E-state index in [2.05, 4.69) is 46.3 Å². The molecule has 3 aromatic carbocycles. The van der Waals surface area contributed by atoms with Crippen LogP contribution in [0.25, 0.3) is 11.8 Å². The zero-order valence-electron chi connectivity index (χ0n) is 21.6. The van der Waals surface area contributed by atoms with Crippen LogP contribution in [0.4, 0.5) is 0 Å². The molecule has 1 aliphatic carbocycles. The van der Waals surface area contributed by atoms with Gasteiger partial charge in [-0.25, -0.2) is 4.99 Å². The number of fused-ring (bicyclic) bond motifs is 3. The largest absolute Gasteiger partial charge is 0.503 e. The van der Waals surface area contributed by atoms with Crippen LogP contribution in [0.15, 0.2) is 80.5 Å². The highest BCUT2D eigenvalue weighted by Crippen LogP contribution is 2.41. The van der Waals surface area contributed by atoms with Crippen LogP contribution in [0.3, 0.4) is 0 Å². The number of aromatic hydroxyl groups is 1. The van der Waals surface area contributed by atoms with E-state index in [1.807, 2.05) is 42.7 Å². The van der Waals surface area contributed by atoms with E-state index in [4.69, 9.17) is 14.5 Å². The number of aromatic nitrogens is 1. The van der Waals surface area contributed by atoms with Crippen LogP contribution >= 0.6 is 27.3 Å². The fraction of sp³-hybridized carbons (Fsp3) is 0.226. The van der Waals surface area contributed by atoms with Gasteiger partial charge in [-0.05, 0) is 95.2 Å². The quantitative estimate of drug-likeness (QED) is 0.312. The van der Waals surface area contributed by atoms with Crippen LogP contribution in [-0.4, -0.2) is 22.9 Å². The van der Waals surface area contributed by atoms with Gasteiger partial charge < -0.3 is 14.6 Å². The third kappa shape index (κ3) is 4.61. The molecule has 198 valence electrons. The minimum atomic E-state index is -0.257. The lowest BCUT2D eigenvalue weighted by atomic mass is 9.83. The molecule has 0 bridgehead atoms. The molecular formula is C31H27BrN2O4S. The molecule has 2 heterocycles. The Labute approximate surface area is 238 Å². The second-order valence-electron chi connectivity index (χ2n) is 9.40. The molecule has 1 aromatic heterocycles. The van der Waals surface area contributed by atoms with E-state index in [9.17, 15) is 9.90 Å². The Balaban J connectivity index is 1.56. The lowest BCUT2D eigenvalue weighted by molar-refractivity contribution is 0.317. The van der Waals surface area contributed by atoms with Crippen LogP contribution < -0.4 is 24.4 Å². The minimum Gasteiger partial charge on any atom is -0.503 e. The molecule has 2 aliphatic rings. The summed E-state index contributed by atoms with van der Waals surface area (Å²) in [6.07, 6.45) is 3.58. The number of phenolic OH excluding ortho intramolecular Hbond substituents is 1. The van der Waals surface area contributed by atoms with E-state index in [0.717, 1.165) is 46.6 Å². The van der Waals surface area contributed by atoms with Gasteiger partial charge in [0.25, 0.3) is 5.56 Å². The van der Waals surface area contributed by atoms with Crippen molar-refractivity contribution in [1.29, 1.82) is 0 Å².